The van der Waals surface area contributed by atoms with Gasteiger partial charge in [-0.15, -0.1) is 0 Å². The number of amides is 3. The molecule has 11 nitrogen and oxygen atoms in total. The first-order valence-corrected chi connectivity index (χ1v) is 9.91. The summed E-state index contributed by atoms with van der Waals surface area (Å²) in [5.74, 6) is -0.953. The minimum absolute atomic E-state index is 0. The Morgan fingerprint density at radius 2 is 1.92 bits per heavy atom. The van der Waals surface area contributed by atoms with Crippen LogP contribution in [0.3, 0.4) is 0 Å². The summed E-state index contributed by atoms with van der Waals surface area (Å²) in [6, 6.07) is 2.61. The summed E-state index contributed by atoms with van der Waals surface area (Å²) in [5, 5.41) is 7.44. The van der Waals surface area contributed by atoms with Crippen molar-refractivity contribution >= 4 is 38.0 Å². The van der Waals surface area contributed by atoms with Gasteiger partial charge in [0.2, 0.25) is 10.0 Å². The minimum Gasteiger partial charge on any atom is -0.731 e. The fourth-order valence-corrected chi connectivity index (χ4v) is 4.42. The number of likely N-dealkylation sites (tertiary alicyclic amines) is 1. The van der Waals surface area contributed by atoms with E-state index in [1.165, 1.54) is 18.2 Å². The van der Waals surface area contributed by atoms with Crippen LogP contribution < -0.4 is 40.0 Å². The Morgan fingerprint density at radius 3 is 2.50 bits per heavy atom. The van der Waals surface area contributed by atoms with Gasteiger partial charge < -0.3 is 14.8 Å². The van der Waals surface area contributed by atoms with Crippen LogP contribution in [0.15, 0.2) is 29.2 Å². The Balaban J connectivity index is 0.00000243. The van der Waals surface area contributed by atoms with Crippen molar-refractivity contribution in [3.8, 4) is 0 Å². The van der Waals surface area contributed by atoms with E-state index in [0.717, 1.165) is 11.0 Å². The number of nitrogens with two attached hydrogens (primary N) is 1. The second-order valence-electron chi connectivity index (χ2n) is 5.59. The number of anilines is 1. The molecule has 0 unspecified atom stereocenters. The van der Waals surface area contributed by atoms with Crippen LogP contribution in [0.2, 0.25) is 0 Å². The van der Waals surface area contributed by atoms with Crippen LogP contribution in [0.25, 0.3) is 0 Å². The quantitative estimate of drug-likeness (QED) is 0.287. The topological polar surface area (TPSA) is 170 Å². The molecule has 3 amide bonds. The van der Waals surface area contributed by atoms with E-state index in [4.69, 9.17) is 5.14 Å². The second kappa shape index (κ2) is 7.07. The zero-order chi connectivity index (χ0) is 18.6. The van der Waals surface area contributed by atoms with E-state index < -0.39 is 44.3 Å². The van der Waals surface area contributed by atoms with E-state index in [2.05, 4.69) is 5.32 Å². The Labute approximate surface area is 171 Å². The third-order valence-electron chi connectivity index (χ3n) is 4.05. The summed E-state index contributed by atoms with van der Waals surface area (Å²) in [4.78, 5) is 25.1. The largest absolute Gasteiger partial charge is 1.00 e. The van der Waals surface area contributed by atoms with Crippen LogP contribution in [-0.2, 0) is 25.1 Å². The molecule has 2 fully saturated rings. The van der Waals surface area contributed by atoms with E-state index in [1.54, 1.807) is 0 Å². The van der Waals surface area contributed by atoms with Gasteiger partial charge in [0.05, 0.1) is 10.9 Å². The minimum atomic E-state index is -4.90. The molecule has 0 radical (unpaired) electrons. The van der Waals surface area contributed by atoms with Crippen molar-refractivity contribution in [1.29, 1.82) is 0 Å². The van der Waals surface area contributed by atoms with Gasteiger partial charge in [-0.05, 0) is 24.6 Å². The number of fused-ring (bicyclic) bond motifs is 1. The average Bonchev–Trinajstić information content (AvgIpc) is 2.84. The molecular weight excluding hydrogens is 399 g/mol. The van der Waals surface area contributed by atoms with E-state index in [9.17, 15) is 31.0 Å². The smallest absolute Gasteiger partial charge is 0.731 e. The van der Waals surface area contributed by atoms with Crippen molar-refractivity contribution in [2.45, 2.75) is 23.4 Å². The number of urea groups is 1. The molecule has 3 N–H and O–H groups in total. The molecule has 1 aromatic carbocycles. The predicted molar refractivity (Wildman–Crippen MR) is 82.3 cm³/mol. The molecule has 136 valence electrons. The van der Waals surface area contributed by atoms with Crippen LogP contribution in [0.4, 0.5) is 10.5 Å². The molecule has 26 heavy (non-hydrogen) atoms. The molecule has 0 spiro atoms. The second-order valence-corrected chi connectivity index (χ2v) is 8.40. The van der Waals surface area contributed by atoms with Gasteiger partial charge in [-0.2, -0.15) is 0 Å². The summed E-state index contributed by atoms with van der Waals surface area (Å²) < 4.78 is 56.0. The SMILES string of the molecule is NS(=O)(=O)c1cccc(NC(=O)N2CC[C@@H]3[C@H]2C(=O)N3S(=O)(=O)[O-])c1.[Na+]. The number of nitrogens with one attached hydrogen (secondary N) is 1. The number of primary sulfonamides is 1. The van der Waals surface area contributed by atoms with Gasteiger partial charge in [0, 0.05) is 12.2 Å². The first-order valence-electron chi connectivity index (χ1n) is 7.00. The van der Waals surface area contributed by atoms with Crippen LogP contribution in [-0.4, -0.2) is 61.2 Å². The van der Waals surface area contributed by atoms with Gasteiger partial charge in [0.1, 0.15) is 6.04 Å². The summed E-state index contributed by atoms with van der Waals surface area (Å²) in [6.07, 6.45) is 0.155. The molecule has 0 aromatic heterocycles. The number of carbonyl (C=O) groups excluding carboxylic acids is 2. The monoisotopic (exact) mass is 412 g/mol. The first kappa shape index (κ1) is 21.1. The molecule has 0 saturated carbocycles. The molecule has 0 aliphatic carbocycles. The summed E-state index contributed by atoms with van der Waals surface area (Å²) in [5.41, 5.74) is 0.139. The molecule has 2 atom stereocenters. The summed E-state index contributed by atoms with van der Waals surface area (Å²) >= 11 is 0. The third-order valence-corrected chi connectivity index (χ3v) is 5.90. The maximum Gasteiger partial charge on any atom is 1.00 e. The summed E-state index contributed by atoms with van der Waals surface area (Å²) in [6.45, 7) is 0.0772. The molecule has 2 aliphatic rings. The molecule has 1 aromatic rings. The number of benzene rings is 1. The molecular formula is C12H13N4NaO7S2. The van der Waals surface area contributed by atoms with Crippen LogP contribution in [0.1, 0.15) is 6.42 Å². The molecule has 2 heterocycles. The maximum atomic E-state index is 12.3. The number of β-lactam (4-membered cyclic amide) rings is 1. The van der Waals surface area contributed by atoms with E-state index in [1.807, 2.05) is 0 Å². The number of hydrogen-bond acceptors (Lipinski definition) is 7. The van der Waals surface area contributed by atoms with Gasteiger partial charge in [-0.25, -0.2) is 31.1 Å². The standard InChI is InChI=1S/C12H14N4O7S2.Na/c13-24(19,20)8-3-1-2-7(6-8)14-12(18)15-5-4-9-10(15)11(17)16(9)25(21,22)23;/h1-3,6,9-10H,4-5H2,(H,14,18)(H2,13,19,20)(H,21,22,23);/q;+1/p-1/t9-,10+;/m1./s1. The normalized spacial score (nSPS) is 22.3. The number of hydrogen-bond donors (Lipinski definition) is 2. The number of nitrogens with zero attached hydrogens (tertiary/aromatic N) is 2. The fourth-order valence-electron chi connectivity index (χ4n) is 2.98. The molecule has 2 aliphatic heterocycles. The summed E-state index contributed by atoms with van der Waals surface area (Å²) in [7, 11) is -8.85. The molecule has 0 bridgehead atoms. The fraction of sp³-hybridized carbons (Fsp3) is 0.333. The van der Waals surface area contributed by atoms with E-state index in [-0.39, 0.29) is 57.4 Å². The van der Waals surface area contributed by atoms with Gasteiger partial charge >= 0.3 is 35.6 Å². The number of rotatable bonds is 3. The maximum absolute atomic E-state index is 12.3. The van der Waals surface area contributed by atoms with Crippen molar-refractivity contribution in [2.75, 3.05) is 11.9 Å². The molecule has 3 rings (SSSR count). The van der Waals surface area contributed by atoms with Crippen molar-refractivity contribution in [2.24, 2.45) is 5.14 Å². The number of sulfonamides is 1. The Kier molecular flexibility index (Phi) is 5.73. The predicted octanol–water partition coefficient (Wildman–Crippen LogP) is -4.38. The Bertz CT molecular complexity index is 966. The van der Waals surface area contributed by atoms with Crippen LogP contribution >= 0.6 is 0 Å². The van der Waals surface area contributed by atoms with Crippen molar-refractivity contribution in [1.82, 2.24) is 9.21 Å². The van der Waals surface area contributed by atoms with Gasteiger partial charge in [-0.3, -0.25) is 4.79 Å². The number of carbonyl (C=O) groups is 2. The van der Waals surface area contributed by atoms with E-state index >= 15 is 0 Å². The van der Waals surface area contributed by atoms with Crippen LogP contribution in [0, 0.1) is 0 Å². The first-order chi connectivity index (χ1) is 11.5. The van der Waals surface area contributed by atoms with Crippen molar-refractivity contribution < 1.29 is 60.5 Å². The average molecular weight is 412 g/mol. The van der Waals surface area contributed by atoms with E-state index in [0.29, 0.717) is 0 Å². The zero-order valence-corrected chi connectivity index (χ0v) is 17.2. The Hall–Kier alpha value is -1.22. The van der Waals surface area contributed by atoms with Crippen molar-refractivity contribution in [3.63, 3.8) is 0 Å². The molecule has 14 heteroatoms. The van der Waals surface area contributed by atoms with Gasteiger partial charge in [0.15, 0.2) is 10.3 Å². The van der Waals surface area contributed by atoms with Crippen molar-refractivity contribution in [3.05, 3.63) is 24.3 Å². The van der Waals surface area contributed by atoms with Gasteiger partial charge in [0.25, 0.3) is 5.91 Å². The third kappa shape index (κ3) is 3.74. The molecule has 2 saturated heterocycles. The van der Waals surface area contributed by atoms with Crippen LogP contribution in [0.5, 0.6) is 0 Å². The Morgan fingerprint density at radius 1 is 1.27 bits per heavy atom. The zero-order valence-electron chi connectivity index (χ0n) is 13.5. The van der Waals surface area contributed by atoms with Gasteiger partial charge in [-0.1, -0.05) is 6.07 Å².